The normalized spacial score (nSPS) is 14.3. The van der Waals surface area contributed by atoms with E-state index in [2.05, 4.69) is 81.4 Å². The molecule has 142 heavy (non-hydrogen) atoms. The van der Waals surface area contributed by atoms with Crippen LogP contribution < -0.4 is 32.5 Å². The average molecular weight is 1930 g/mol. The highest BCUT2D eigenvalue weighted by molar-refractivity contribution is 6.01. The minimum atomic E-state index is -0.708. The van der Waals surface area contributed by atoms with E-state index in [0.29, 0.717) is 120 Å². The summed E-state index contributed by atoms with van der Waals surface area (Å²) in [6.45, 7) is 23.1. The Balaban J connectivity index is 0.000000145. The molecule has 20 rings (SSSR count). The van der Waals surface area contributed by atoms with E-state index in [9.17, 15) is 52.7 Å². The molecule has 0 spiro atoms. The van der Waals surface area contributed by atoms with Gasteiger partial charge in [0.05, 0.1) is 82.2 Å². The Kier molecular flexibility index (Phi) is 33.2. The maximum Gasteiger partial charge on any atom is 0.419 e. The van der Waals surface area contributed by atoms with Gasteiger partial charge < -0.3 is 94.7 Å². The number of benzene rings is 8. The van der Waals surface area contributed by atoms with Crippen LogP contribution in [0, 0.1) is 0 Å². The molecule has 0 saturated carbocycles. The van der Waals surface area contributed by atoms with Crippen LogP contribution in [0.3, 0.4) is 0 Å². The number of nitrogens with zero attached hydrogens (tertiary/aromatic N) is 8. The van der Waals surface area contributed by atoms with Gasteiger partial charge in [0, 0.05) is 165 Å². The number of aromatic amines is 6. The van der Waals surface area contributed by atoms with Crippen LogP contribution >= 0.6 is 0 Å². The van der Waals surface area contributed by atoms with E-state index in [4.69, 9.17) is 35.0 Å². The first-order valence-corrected chi connectivity index (χ1v) is 46.9. The molecule has 12 heterocycles. The van der Waals surface area contributed by atoms with E-state index < -0.39 is 43.2 Å². The van der Waals surface area contributed by atoms with E-state index in [1.54, 1.807) is 76.8 Å². The lowest BCUT2D eigenvalue weighted by atomic mass is 10.1. The number of ether oxygens (including phenoxy) is 2. The summed E-state index contributed by atoms with van der Waals surface area (Å²) < 4.78 is 14.2. The lowest BCUT2D eigenvalue weighted by Crippen LogP contribution is -3.13. The molecule has 0 radical (unpaired) electrons. The maximum atomic E-state index is 13.4. The van der Waals surface area contributed by atoms with E-state index in [1.807, 2.05) is 166 Å². The van der Waals surface area contributed by atoms with Crippen LogP contribution in [0.15, 0.2) is 238 Å². The quantitative estimate of drug-likeness (QED) is 0.0424. The Bertz CT molecular complexity index is 7340. The number of aliphatic hydroxyl groups is 5. The average Bonchev–Trinajstić information content (AvgIpc) is 1.61. The highest BCUT2D eigenvalue weighted by Gasteiger charge is 2.31. The number of aldehydes is 1. The number of carbonyl (C=O) groups is 7. The van der Waals surface area contributed by atoms with Crippen LogP contribution in [0.2, 0.25) is 0 Å². The van der Waals surface area contributed by atoms with Crippen molar-refractivity contribution in [1.29, 1.82) is 0 Å². The van der Waals surface area contributed by atoms with E-state index in [0.717, 1.165) is 161 Å². The first-order valence-electron chi connectivity index (χ1n) is 46.9. The number of carbonyl (C=O) groups excluding carboxylic acids is 7. The number of pyridine rings is 4. The number of rotatable bonds is 15. The summed E-state index contributed by atoms with van der Waals surface area (Å²) >= 11 is 0. The number of hydrogen-bond acceptors (Lipinski definition) is 21. The molecule has 4 aliphatic heterocycles. The van der Waals surface area contributed by atoms with Gasteiger partial charge in [-0.2, -0.15) is 0 Å². The third-order valence-corrected chi connectivity index (χ3v) is 25.0. The van der Waals surface area contributed by atoms with Crippen LogP contribution in [0.25, 0.3) is 132 Å². The molecule has 34 heteroatoms. The number of aromatic nitrogens is 8. The fourth-order valence-electron chi connectivity index (χ4n) is 18.0. The smallest absolute Gasteiger partial charge is 0.419 e. The molecular weight excluding hydrogens is 1810 g/mol. The Morgan fingerprint density at radius 2 is 0.676 bits per heavy atom. The van der Waals surface area contributed by atoms with Crippen molar-refractivity contribution in [3.05, 3.63) is 282 Å². The molecule has 0 unspecified atom stereocenters. The Morgan fingerprint density at radius 1 is 0.352 bits per heavy atom. The van der Waals surface area contributed by atoms with E-state index in [-0.39, 0.29) is 59.9 Å². The molecule has 740 valence electrons. The van der Waals surface area contributed by atoms with Gasteiger partial charge in [-0.1, -0.05) is 98.4 Å². The lowest BCUT2D eigenvalue weighted by Gasteiger charge is -2.34. The Hall–Kier alpha value is -15.1. The molecule has 34 nitrogen and oxygen atoms in total. The Morgan fingerprint density at radius 3 is 1.06 bits per heavy atom. The molecule has 0 aliphatic carbocycles. The number of quaternary nitrogens is 1. The second-order valence-corrected chi connectivity index (χ2v) is 37.0. The monoisotopic (exact) mass is 1930 g/mol. The lowest BCUT2D eigenvalue weighted by molar-refractivity contribution is -0.917. The molecule has 4 aliphatic rings. The molecule has 4 amide bonds. The van der Waals surface area contributed by atoms with Crippen molar-refractivity contribution in [2.75, 3.05) is 138 Å². The molecule has 13 N–H and O–H groups in total. The minimum absolute atomic E-state index is 0. The Labute approximate surface area is 817 Å². The van der Waals surface area contributed by atoms with Gasteiger partial charge in [0.1, 0.15) is 50.5 Å². The summed E-state index contributed by atoms with van der Waals surface area (Å²) in [4.78, 5) is 166. The molecule has 0 bridgehead atoms. The fraction of sp³-hybridized carbons (Fsp3) is 0.306. The van der Waals surface area contributed by atoms with Crippen molar-refractivity contribution in [1.82, 2.24) is 73.8 Å². The number of amides is 4. The van der Waals surface area contributed by atoms with Crippen molar-refractivity contribution in [3.8, 4) is 45.0 Å². The zero-order valence-electron chi connectivity index (χ0n) is 79.7. The second-order valence-electron chi connectivity index (χ2n) is 37.0. The third-order valence-electron chi connectivity index (χ3n) is 25.0. The van der Waals surface area contributed by atoms with Gasteiger partial charge in [0.25, 0.3) is 22.2 Å². The van der Waals surface area contributed by atoms with Crippen molar-refractivity contribution >= 4 is 129 Å². The van der Waals surface area contributed by atoms with Gasteiger partial charge in [0.15, 0.2) is 0 Å². The maximum absolute atomic E-state index is 13.4. The SMILES string of the molecule is C.CC(C)(C)OC(=O)n1c(-c2cc3ccccc3[nH]c2=O)cc2cc(C=O)ccc21.CC(C)(C)OC(=O)n1c(-c2cc3ccccc3[nH]c2=O)cc2cc(CN3CCN(C(=O)CO)CC3)ccc21.CO.O=C(CO)N1CCN(Cc2ccc3[nH]c(-c4cc5ccccc5[nH]c4=O)cc3c2)CC1.O=C(CO)N1CCNCC1.O=C(CO)N1CC[NH+](Cc2ccc3[nH]c(-c4cc5ccccc5[nH]c4=O)cc3c2)CC1. The third kappa shape index (κ3) is 24.6. The van der Waals surface area contributed by atoms with Crippen molar-refractivity contribution < 1.29 is 73.5 Å². The van der Waals surface area contributed by atoms with Gasteiger partial charge in [-0.15, -0.1) is 0 Å². The van der Waals surface area contributed by atoms with Gasteiger partial charge in [-0.05, 0) is 202 Å². The number of piperazine rings is 4. The zero-order valence-corrected chi connectivity index (χ0v) is 79.7. The molecule has 0 atom stereocenters. The van der Waals surface area contributed by atoms with E-state index in [1.165, 1.54) is 25.2 Å². The summed E-state index contributed by atoms with van der Waals surface area (Å²) in [7, 11) is 1.00. The summed E-state index contributed by atoms with van der Waals surface area (Å²) in [6, 6.07) is 69.1. The predicted molar refractivity (Wildman–Crippen MR) is 551 cm³/mol. The first kappa shape index (κ1) is 103. The van der Waals surface area contributed by atoms with Gasteiger partial charge in [-0.25, -0.2) is 18.7 Å². The summed E-state index contributed by atoms with van der Waals surface area (Å²) in [5.41, 5.74) is 12.5. The first-order chi connectivity index (χ1) is 67.9. The molecule has 8 aromatic heterocycles. The summed E-state index contributed by atoms with van der Waals surface area (Å²) in [5.74, 6) is -0.805. The molecule has 4 saturated heterocycles. The van der Waals surface area contributed by atoms with Gasteiger partial charge in [-0.3, -0.25) is 53.0 Å². The number of nitrogens with one attached hydrogen (secondary N) is 8. The number of aliphatic hydroxyl groups excluding tert-OH is 5. The second kappa shape index (κ2) is 45.9. The van der Waals surface area contributed by atoms with E-state index >= 15 is 0 Å². The molecule has 8 aromatic carbocycles. The fourth-order valence-corrected chi connectivity index (χ4v) is 18.0. The molecule has 16 aromatic rings. The van der Waals surface area contributed by atoms with Gasteiger partial charge in [0.2, 0.25) is 23.6 Å². The largest absolute Gasteiger partial charge is 0.443 e. The molecular formula is C108H121N16O18+. The number of H-pyrrole nitrogens is 6. The minimum Gasteiger partial charge on any atom is -0.443 e. The highest BCUT2D eigenvalue weighted by atomic mass is 16.6. The zero-order chi connectivity index (χ0) is 99.9. The van der Waals surface area contributed by atoms with Crippen LogP contribution in [0.4, 0.5) is 9.59 Å². The van der Waals surface area contributed by atoms with Crippen molar-refractivity contribution in [3.63, 3.8) is 0 Å². The van der Waals surface area contributed by atoms with Crippen LogP contribution in [0.1, 0.15) is 76.0 Å². The standard InChI is InChI=1S/C29H32N4O5.2C24H24N4O3.C23H20N2O4.C6H12N2O2.CH4O.CH4/c1-29(2,3)38-28(37)33-24-9-8-19(17-31-10-12-32(13-11-31)26(35)18-34)14-21(24)16-25(33)22-15-20-6-4-5-7-23(20)30-27(22)36;2*29-15-23(30)28-9-7-27(8-10-28)14-16-5-6-21-18(11-16)13-22(25-21)19-12-17-3-1-2-4-20(17)26-24(19)31;1-23(2,3)29-22(28)25-19-9-8-14(13-26)10-16(19)12-20(25)17-11-15-6-4-5-7-18(15)24-21(17)27;9-5-6(10)8-3-1-7-2-4-8;1-2;/h4-9,14-16,34H,10-13,17-18H2,1-3H3,(H,30,36);2*1-6,11-13,25,29H,7-10,14-15H2,(H,26,31);4-13H,1-3H3,(H,24,27);7,9H,1-5H2;2H,1H3;1H4/p+1. The van der Waals surface area contributed by atoms with Crippen LogP contribution in [-0.4, -0.2) is 286 Å². The van der Waals surface area contributed by atoms with Crippen molar-refractivity contribution in [2.45, 2.75) is 79.8 Å². The van der Waals surface area contributed by atoms with Crippen molar-refractivity contribution in [2.24, 2.45) is 0 Å². The predicted octanol–water partition coefficient (Wildman–Crippen LogP) is 10.2. The number of para-hydroxylation sites is 4. The summed E-state index contributed by atoms with van der Waals surface area (Å²) in [5, 5.41) is 53.1. The number of fused-ring (bicyclic) bond motifs is 8. The summed E-state index contributed by atoms with van der Waals surface area (Å²) in [6.07, 6.45) is -0.395. The molecule has 4 fully saturated rings. The number of hydrogen-bond donors (Lipinski definition) is 13. The van der Waals surface area contributed by atoms with Crippen LogP contribution in [-0.2, 0) is 48.3 Å². The topological polar surface area (TPSA) is 448 Å². The van der Waals surface area contributed by atoms with Gasteiger partial charge >= 0.3 is 12.2 Å². The highest BCUT2D eigenvalue weighted by Crippen LogP contribution is 2.35. The van der Waals surface area contributed by atoms with Crippen LogP contribution in [0.5, 0.6) is 0 Å².